The highest BCUT2D eigenvalue weighted by molar-refractivity contribution is 14.1. The van der Waals surface area contributed by atoms with Crippen molar-refractivity contribution in [2.45, 2.75) is 11.3 Å². The second-order valence-corrected chi connectivity index (χ2v) is 4.91. The summed E-state index contributed by atoms with van der Waals surface area (Å²) in [4.78, 5) is 12.0. The zero-order chi connectivity index (χ0) is 9.84. The van der Waals surface area contributed by atoms with Gasteiger partial charge in [0.15, 0.2) is 0 Å². The molecule has 0 heterocycles. The predicted octanol–water partition coefficient (Wildman–Crippen LogP) is 3.09. The van der Waals surface area contributed by atoms with Gasteiger partial charge in [0, 0.05) is 14.9 Å². The van der Waals surface area contributed by atoms with Crippen molar-refractivity contribution in [2.75, 3.05) is 5.33 Å². The average Bonchev–Trinajstić information content (AvgIpc) is 2.11. The molecule has 0 saturated heterocycles. The van der Waals surface area contributed by atoms with E-state index in [0.29, 0.717) is 11.8 Å². The van der Waals surface area contributed by atoms with Crippen molar-refractivity contribution in [3.8, 4) is 0 Å². The van der Waals surface area contributed by atoms with E-state index in [1.165, 1.54) is 0 Å². The molecule has 0 saturated carbocycles. The lowest BCUT2D eigenvalue weighted by Crippen LogP contribution is -2.04. The molecule has 0 aliphatic rings. The molecule has 0 unspecified atom stereocenters. The third kappa shape index (κ3) is 3.59. The molecular formula is C9H8BrIOS. The van der Waals surface area contributed by atoms with Crippen LogP contribution < -0.4 is 0 Å². The van der Waals surface area contributed by atoms with E-state index in [-0.39, 0.29) is 5.78 Å². The molecule has 0 spiro atoms. The molecule has 0 bridgehead atoms. The molecule has 70 valence electrons. The van der Waals surface area contributed by atoms with E-state index in [1.807, 2.05) is 18.2 Å². The summed E-state index contributed by atoms with van der Waals surface area (Å²) in [5.41, 5.74) is 1.000. The molecule has 0 N–H and O–H groups in total. The molecule has 4 heteroatoms. The highest BCUT2D eigenvalue weighted by Gasteiger charge is 2.05. The van der Waals surface area contributed by atoms with Gasteiger partial charge in [0.2, 0.25) is 0 Å². The van der Waals surface area contributed by atoms with Crippen LogP contribution in [0.1, 0.15) is 5.56 Å². The third-order valence-corrected chi connectivity index (χ3v) is 3.31. The summed E-state index contributed by atoms with van der Waals surface area (Å²) in [5, 5.41) is 0.408. The van der Waals surface area contributed by atoms with Crippen LogP contribution in [0.3, 0.4) is 0 Å². The van der Waals surface area contributed by atoms with Crippen LogP contribution in [0.15, 0.2) is 23.1 Å². The molecule has 0 atom stereocenters. The number of thiol groups is 1. The van der Waals surface area contributed by atoms with E-state index >= 15 is 0 Å². The lowest BCUT2D eigenvalue weighted by Gasteiger charge is -2.03. The molecule has 0 radical (unpaired) electrons. The van der Waals surface area contributed by atoms with Crippen LogP contribution in [-0.2, 0) is 11.2 Å². The van der Waals surface area contributed by atoms with Crippen LogP contribution >= 0.6 is 51.1 Å². The molecule has 0 aliphatic heterocycles. The predicted molar refractivity (Wildman–Crippen MR) is 68.9 cm³/mol. The van der Waals surface area contributed by atoms with Gasteiger partial charge in [-0.25, -0.2) is 0 Å². The van der Waals surface area contributed by atoms with Crippen LogP contribution in [0.5, 0.6) is 0 Å². The first-order chi connectivity index (χ1) is 6.13. The lowest BCUT2D eigenvalue weighted by atomic mass is 10.1. The Bertz CT molecular complexity index is 327. The Morgan fingerprint density at radius 2 is 2.23 bits per heavy atom. The fraction of sp³-hybridized carbons (Fsp3) is 0.222. The summed E-state index contributed by atoms with van der Waals surface area (Å²) in [6, 6.07) is 5.89. The number of rotatable bonds is 3. The van der Waals surface area contributed by atoms with Gasteiger partial charge in [-0.05, 0) is 46.4 Å². The first-order valence-corrected chi connectivity index (χ1v) is 6.33. The van der Waals surface area contributed by atoms with Crippen LogP contribution in [0.25, 0.3) is 0 Å². The first kappa shape index (κ1) is 11.5. The normalized spacial score (nSPS) is 10.1. The van der Waals surface area contributed by atoms with Crippen molar-refractivity contribution in [3.05, 3.63) is 27.3 Å². The maximum atomic E-state index is 11.2. The molecule has 1 rings (SSSR count). The molecule has 0 fully saturated rings. The number of carbonyl (C=O) groups excluding carboxylic acids is 1. The Labute approximate surface area is 105 Å². The second-order valence-electron chi connectivity index (χ2n) is 2.62. The number of alkyl halides is 1. The monoisotopic (exact) mass is 370 g/mol. The maximum Gasteiger partial charge on any atom is 0.147 e. The standard InChI is InChI=1S/C9H8BrIOS/c10-5-8(12)4-6-3-7(11)1-2-9(6)13/h1-3,13H,4-5H2. The van der Waals surface area contributed by atoms with E-state index in [1.54, 1.807) is 0 Å². The number of Topliss-reactive ketones (excluding diaryl/α,β-unsaturated/α-hetero) is 1. The number of carbonyl (C=O) groups is 1. The maximum absolute atomic E-state index is 11.2. The molecule has 0 aromatic heterocycles. The van der Waals surface area contributed by atoms with Gasteiger partial charge in [-0.1, -0.05) is 15.9 Å². The highest BCUT2D eigenvalue weighted by atomic mass is 127. The number of halogens is 2. The van der Waals surface area contributed by atoms with Crippen molar-refractivity contribution < 1.29 is 4.79 Å². The molecule has 1 aromatic rings. The van der Waals surface area contributed by atoms with Gasteiger partial charge >= 0.3 is 0 Å². The van der Waals surface area contributed by atoms with Gasteiger partial charge in [-0.15, -0.1) is 12.6 Å². The van der Waals surface area contributed by atoms with Crippen LogP contribution in [-0.4, -0.2) is 11.1 Å². The molecule has 0 amide bonds. The van der Waals surface area contributed by atoms with Gasteiger partial charge in [-0.2, -0.15) is 0 Å². The largest absolute Gasteiger partial charge is 0.298 e. The minimum atomic E-state index is 0.178. The molecule has 0 aliphatic carbocycles. The summed E-state index contributed by atoms with van der Waals surface area (Å²) in [5.74, 6) is 0.178. The van der Waals surface area contributed by atoms with Gasteiger partial charge in [0.1, 0.15) is 5.78 Å². The average molecular weight is 371 g/mol. The van der Waals surface area contributed by atoms with E-state index in [0.717, 1.165) is 14.0 Å². The second kappa shape index (κ2) is 5.36. The smallest absolute Gasteiger partial charge is 0.147 e. The summed E-state index contributed by atoms with van der Waals surface area (Å²) < 4.78 is 1.13. The molecule has 1 aromatic carbocycles. The van der Waals surface area contributed by atoms with Crippen molar-refractivity contribution in [1.82, 2.24) is 0 Å². The summed E-state index contributed by atoms with van der Waals surface area (Å²) >= 11 is 9.65. The van der Waals surface area contributed by atoms with E-state index < -0.39 is 0 Å². The Hall–Kier alpha value is 0.450. The van der Waals surface area contributed by atoms with Crippen molar-refractivity contribution in [1.29, 1.82) is 0 Å². The third-order valence-electron chi connectivity index (χ3n) is 1.58. The molecular weight excluding hydrogens is 363 g/mol. The minimum Gasteiger partial charge on any atom is -0.298 e. The fourth-order valence-electron chi connectivity index (χ4n) is 0.955. The summed E-state index contributed by atoms with van der Waals surface area (Å²) in [6.07, 6.45) is 0.459. The molecule has 1 nitrogen and oxygen atoms in total. The number of benzene rings is 1. The Morgan fingerprint density at radius 1 is 1.54 bits per heavy atom. The SMILES string of the molecule is O=C(CBr)Cc1cc(I)ccc1S. The van der Waals surface area contributed by atoms with Gasteiger partial charge in [-0.3, -0.25) is 4.79 Å². The van der Waals surface area contributed by atoms with Gasteiger partial charge in [0.25, 0.3) is 0 Å². The molecule has 13 heavy (non-hydrogen) atoms. The van der Waals surface area contributed by atoms with Crippen molar-refractivity contribution in [3.63, 3.8) is 0 Å². The van der Waals surface area contributed by atoms with Crippen LogP contribution in [0, 0.1) is 3.57 Å². The summed E-state index contributed by atoms with van der Waals surface area (Å²) in [7, 11) is 0. The number of hydrogen-bond donors (Lipinski definition) is 1. The Kier molecular flexibility index (Phi) is 4.75. The van der Waals surface area contributed by atoms with E-state index in [9.17, 15) is 4.79 Å². The van der Waals surface area contributed by atoms with E-state index in [2.05, 4.69) is 51.1 Å². The number of ketones is 1. The zero-order valence-electron chi connectivity index (χ0n) is 6.76. The quantitative estimate of drug-likeness (QED) is 0.491. The first-order valence-electron chi connectivity index (χ1n) is 3.68. The van der Waals surface area contributed by atoms with Crippen molar-refractivity contribution in [2.24, 2.45) is 0 Å². The minimum absolute atomic E-state index is 0.178. The van der Waals surface area contributed by atoms with E-state index in [4.69, 9.17) is 0 Å². The summed E-state index contributed by atoms with van der Waals surface area (Å²) in [6.45, 7) is 0. The topological polar surface area (TPSA) is 17.1 Å². The number of hydrogen-bond acceptors (Lipinski definition) is 2. The highest BCUT2D eigenvalue weighted by Crippen LogP contribution is 2.18. The van der Waals surface area contributed by atoms with Crippen LogP contribution in [0.4, 0.5) is 0 Å². The van der Waals surface area contributed by atoms with Crippen LogP contribution in [0.2, 0.25) is 0 Å². The van der Waals surface area contributed by atoms with Gasteiger partial charge < -0.3 is 0 Å². The lowest BCUT2D eigenvalue weighted by molar-refractivity contribution is -0.115. The Balaban J connectivity index is 2.87. The van der Waals surface area contributed by atoms with Crippen molar-refractivity contribution >= 4 is 56.9 Å². The Morgan fingerprint density at radius 3 is 2.85 bits per heavy atom. The fourth-order valence-corrected chi connectivity index (χ4v) is 1.93. The zero-order valence-corrected chi connectivity index (χ0v) is 11.4. The van der Waals surface area contributed by atoms with Gasteiger partial charge in [0.05, 0.1) is 5.33 Å².